The maximum atomic E-state index is 11.4. The van der Waals surface area contributed by atoms with E-state index in [2.05, 4.69) is 41.6 Å². The molecule has 4 heteroatoms. The number of aromatic amines is 1. The monoisotopic (exact) mass is 245 g/mol. The first-order chi connectivity index (χ1) is 8.61. The van der Waals surface area contributed by atoms with E-state index in [4.69, 9.17) is 0 Å². The fourth-order valence-electron chi connectivity index (χ4n) is 2.04. The van der Waals surface area contributed by atoms with Crippen molar-refractivity contribution in [2.45, 2.75) is 20.4 Å². The van der Waals surface area contributed by atoms with Gasteiger partial charge in [-0.1, -0.05) is 6.07 Å². The van der Waals surface area contributed by atoms with Crippen LogP contribution in [-0.2, 0) is 11.3 Å². The summed E-state index contributed by atoms with van der Waals surface area (Å²) in [6.45, 7) is 5.10. The van der Waals surface area contributed by atoms with E-state index in [0.717, 1.165) is 11.1 Å². The molecule has 1 heterocycles. The Balaban J connectivity index is 2.15. The average molecular weight is 245 g/mol. The highest BCUT2D eigenvalue weighted by molar-refractivity contribution is 5.85. The Morgan fingerprint density at radius 3 is 2.83 bits per heavy atom. The molecular weight excluding hydrogens is 226 g/mol. The van der Waals surface area contributed by atoms with Crippen molar-refractivity contribution in [3.8, 4) is 0 Å². The third kappa shape index (κ3) is 2.54. The third-order valence-corrected chi connectivity index (χ3v) is 3.20. The van der Waals surface area contributed by atoms with Gasteiger partial charge in [-0.15, -0.1) is 0 Å². The van der Waals surface area contributed by atoms with Crippen molar-refractivity contribution in [3.63, 3.8) is 0 Å². The Morgan fingerprint density at radius 1 is 1.33 bits per heavy atom. The summed E-state index contributed by atoms with van der Waals surface area (Å²) in [6, 6.07) is 6.24. The van der Waals surface area contributed by atoms with Gasteiger partial charge in [-0.05, 0) is 44.2 Å². The molecule has 1 aromatic heterocycles. The minimum Gasteiger partial charge on any atom is -0.358 e. The van der Waals surface area contributed by atoms with Crippen molar-refractivity contribution in [2.24, 2.45) is 0 Å². The number of aryl methyl sites for hydroxylation is 2. The van der Waals surface area contributed by atoms with Crippen LogP contribution < -0.4 is 10.6 Å². The zero-order chi connectivity index (χ0) is 13.1. The standard InChI is InChI=1S/C14H19N3O/c1-9-10(2)17-13-5-4-11(6-12(9)13)7-16-14(18)8-15-3/h4-6,15,17H,7-8H2,1-3H3,(H,16,18). The highest BCUT2D eigenvalue weighted by Crippen LogP contribution is 2.22. The van der Waals surface area contributed by atoms with E-state index in [1.54, 1.807) is 7.05 Å². The van der Waals surface area contributed by atoms with Gasteiger partial charge < -0.3 is 15.6 Å². The van der Waals surface area contributed by atoms with Gasteiger partial charge in [0.1, 0.15) is 0 Å². The molecule has 0 aliphatic rings. The molecule has 3 N–H and O–H groups in total. The quantitative estimate of drug-likeness (QED) is 0.766. The fourth-order valence-corrected chi connectivity index (χ4v) is 2.04. The molecule has 0 fully saturated rings. The minimum absolute atomic E-state index is 0.0135. The van der Waals surface area contributed by atoms with Crippen LogP contribution in [-0.4, -0.2) is 24.5 Å². The van der Waals surface area contributed by atoms with E-state index in [1.807, 2.05) is 6.07 Å². The van der Waals surface area contributed by atoms with Crippen molar-refractivity contribution in [1.82, 2.24) is 15.6 Å². The summed E-state index contributed by atoms with van der Waals surface area (Å²) in [5.74, 6) is 0.0135. The number of likely N-dealkylation sites (N-methyl/N-ethyl adjacent to an activating group) is 1. The molecule has 2 aromatic rings. The molecule has 4 nitrogen and oxygen atoms in total. The first-order valence-electron chi connectivity index (χ1n) is 6.11. The molecule has 0 aliphatic heterocycles. The highest BCUT2D eigenvalue weighted by atomic mass is 16.1. The Bertz CT molecular complexity index is 572. The lowest BCUT2D eigenvalue weighted by Crippen LogP contribution is -2.31. The first-order valence-corrected chi connectivity index (χ1v) is 6.11. The van der Waals surface area contributed by atoms with Gasteiger partial charge in [-0.25, -0.2) is 0 Å². The molecule has 0 spiro atoms. The number of aromatic nitrogens is 1. The van der Waals surface area contributed by atoms with Gasteiger partial charge in [-0.3, -0.25) is 4.79 Å². The number of hydrogen-bond donors (Lipinski definition) is 3. The summed E-state index contributed by atoms with van der Waals surface area (Å²) >= 11 is 0. The Labute approximate surface area is 107 Å². The number of amides is 1. The summed E-state index contributed by atoms with van der Waals surface area (Å²) in [5, 5.41) is 6.94. The summed E-state index contributed by atoms with van der Waals surface area (Å²) in [5.41, 5.74) is 4.74. The lowest BCUT2D eigenvalue weighted by molar-refractivity contribution is -0.120. The number of nitrogens with one attached hydrogen (secondary N) is 3. The summed E-state index contributed by atoms with van der Waals surface area (Å²) in [4.78, 5) is 14.7. The van der Waals surface area contributed by atoms with E-state index in [9.17, 15) is 4.79 Å². The van der Waals surface area contributed by atoms with Crippen LogP contribution in [0.15, 0.2) is 18.2 Å². The second kappa shape index (κ2) is 5.23. The van der Waals surface area contributed by atoms with E-state index in [1.165, 1.54) is 16.6 Å². The van der Waals surface area contributed by atoms with E-state index >= 15 is 0 Å². The maximum Gasteiger partial charge on any atom is 0.234 e. The molecular formula is C14H19N3O. The van der Waals surface area contributed by atoms with Gasteiger partial charge in [0, 0.05) is 23.1 Å². The van der Waals surface area contributed by atoms with E-state index in [0.29, 0.717) is 13.1 Å². The summed E-state index contributed by atoms with van der Waals surface area (Å²) < 4.78 is 0. The molecule has 0 saturated carbocycles. The van der Waals surface area contributed by atoms with Gasteiger partial charge in [0.05, 0.1) is 6.54 Å². The minimum atomic E-state index is 0.0135. The van der Waals surface area contributed by atoms with Gasteiger partial charge >= 0.3 is 0 Å². The summed E-state index contributed by atoms with van der Waals surface area (Å²) in [6.07, 6.45) is 0. The van der Waals surface area contributed by atoms with Crippen molar-refractivity contribution < 1.29 is 4.79 Å². The van der Waals surface area contributed by atoms with Crippen LogP contribution >= 0.6 is 0 Å². The predicted octanol–water partition coefficient (Wildman–Crippen LogP) is 1.62. The van der Waals surface area contributed by atoms with Crippen LogP contribution in [0.3, 0.4) is 0 Å². The smallest absolute Gasteiger partial charge is 0.234 e. The molecule has 0 bridgehead atoms. The number of benzene rings is 1. The van der Waals surface area contributed by atoms with E-state index < -0.39 is 0 Å². The second-order valence-corrected chi connectivity index (χ2v) is 4.56. The zero-order valence-corrected chi connectivity index (χ0v) is 11.1. The molecule has 0 unspecified atom stereocenters. The SMILES string of the molecule is CNCC(=O)NCc1ccc2[nH]c(C)c(C)c2c1. The molecule has 1 amide bonds. The first kappa shape index (κ1) is 12.6. The van der Waals surface area contributed by atoms with Gasteiger partial charge in [0.25, 0.3) is 0 Å². The average Bonchev–Trinajstić information content (AvgIpc) is 2.63. The largest absolute Gasteiger partial charge is 0.358 e. The second-order valence-electron chi connectivity index (χ2n) is 4.56. The number of carbonyl (C=O) groups excluding carboxylic acids is 1. The van der Waals surface area contributed by atoms with Crippen molar-refractivity contribution in [1.29, 1.82) is 0 Å². The van der Waals surface area contributed by atoms with Gasteiger partial charge in [-0.2, -0.15) is 0 Å². The number of carbonyl (C=O) groups is 1. The van der Waals surface area contributed by atoms with Crippen LogP contribution in [0.1, 0.15) is 16.8 Å². The Kier molecular flexibility index (Phi) is 3.67. The van der Waals surface area contributed by atoms with E-state index in [-0.39, 0.29) is 5.91 Å². The van der Waals surface area contributed by atoms with Crippen molar-refractivity contribution in [3.05, 3.63) is 35.0 Å². The third-order valence-electron chi connectivity index (χ3n) is 3.20. The lowest BCUT2D eigenvalue weighted by atomic mass is 10.1. The lowest BCUT2D eigenvalue weighted by Gasteiger charge is -2.05. The zero-order valence-electron chi connectivity index (χ0n) is 11.1. The van der Waals surface area contributed by atoms with Crippen LogP contribution in [0.2, 0.25) is 0 Å². The predicted molar refractivity (Wildman–Crippen MR) is 73.5 cm³/mol. The highest BCUT2D eigenvalue weighted by Gasteiger charge is 2.05. The van der Waals surface area contributed by atoms with Crippen molar-refractivity contribution in [2.75, 3.05) is 13.6 Å². The molecule has 18 heavy (non-hydrogen) atoms. The molecule has 0 aliphatic carbocycles. The molecule has 2 rings (SSSR count). The Hall–Kier alpha value is -1.81. The molecule has 0 radical (unpaired) electrons. The molecule has 1 aromatic carbocycles. The number of rotatable bonds is 4. The number of fused-ring (bicyclic) bond motifs is 1. The van der Waals surface area contributed by atoms with Crippen molar-refractivity contribution >= 4 is 16.8 Å². The molecule has 0 atom stereocenters. The van der Waals surface area contributed by atoms with Gasteiger partial charge in [0.15, 0.2) is 0 Å². The topological polar surface area (TPSA) is 56.9 Å². The van der Waals surface area contributed by atoms with Gasteiger partial charge in [0.2, 0.25) is 5.91 Å². The maximum absolute atomic E-state index is 11.4. The van der Waals surface area contributed by atoms with Crippen LogP contribution in [0.4, 0.5) is 0 Å². The molecule has 96 valence electrons. The fraction of sp³-hybridized carbons (Fsp3) is 0.357. The number of hydrogen-bond acceptors (Lipinski definition) is 2. The number of H-pyrrole nitrogens is 1. The normalized spacial score (nSPS) is 10.8. The van der Waals surface area contributed by atoms with Crippen LogP contribution in [0.5, 0.6) is 0 Å². The summed E-state index contributed by atoms with van der Waals surface area (Å²) in [7, 11) is 1.76. The van der Waals surface area contributed by atoms with Crippen LogP contribution in [0, 0.1) is 13.8 Å². The Morgan fingerprint density at radius 2 is 2.11 bits per heavy atom. The molecule has 0 saturated heterocycles. The van der Waals surface area contributed by atoms with Crippen LogP contribution in [0.25, 0.3) is 10.9 Å².